The molecule has 0 atom stereocenters. The Bertz CT molecular complexity index is 1460. The van der Waals surface area contributed by atoms with Crippen LogP contribution in [0, 0.1) is 20.8 Å². The molecule has 0 aliphatic rings. The summed E-state index contributed by atoms with van der Waals surface area (Å²) in [5, 5.41) is 3.72. The summed E-state index contributed by atoms with van der Waals surface area (Å²) in [6.07, 6.45) is 0. The summed E-state index contributed by atoms with van der Waals surface area (Å²) in [6, 6.07) is 15.7. The second-order valence-corrected chi connectivity index (χ2v) is 9.85. The highest BCUT2D eigenvalue weighted by Gasteiger charge is 2.20. The average molecular weight is 483 g/mol. The molecule has 170 valence electrons. The number of methoxy groups -OCH3 is 1. The number of nitrogens with one attached hydrogen (secondary N) is 2. The standard InChI is InChI=1S/C24H23ClN4O3S/c1-14-5-8-17(9-6-14)33(30,31)29-24-23(27-20-11-15(2)7-10-19(20)26-24)28-21-12-16(3)18(25)13-22(21)32-4/h5-13H,1-4H3,(H,26,29)(H,27,28). The summed E-state index contributed by atoms with van der Waals surface area (Å²) >= 11 is 6.23. The molecular weight excluding hydrogens is 460 g/mol. The van der Waals surface area contributed by atoms with Crippen LogP contribution >= 0.6 is 11.6 Å². The number of ether oxygens (including phenoxy) is 1. The van der Waals surface area contributed by atoms with Crippen molar-refractivity contribution in [3.63, 3.8) is 0 Å². The molecular formula is C24H23ClN4O3S. The van der Waals surface area contributed by atoms with Gasteiger partial charge in [0.05, 0.1) is 28.7 Å². The number of sulfonamides is 1. The molecule has 7 nitrogen and oxygen atoms in total. The van der Waals surface area contributed by atoms with Crippen molar-refractivity contribution in [1.29, 1.82) is 0 Å². The molecule has 0 aliphatic carbocycles. The number of nitrogens with zero attached hydrogens (tertiary/aromatic N) is 2. The van der Waals surface area contributed by atoms with Crippen molar-refractivity contribution in [2.24, 2.45) is 0 Å². The highest BCUT2D eigenvalue weighted by atomic mass is 35.5. The molecule has 0 fully saturated rings. The van der Waals surface area contributed by atoms with Crippen LogP contribution in [0.2, 0.25) is 5.02 Å². The zero-order chi connectivity index (χ0) is 23.8. The number of fused-ring (bicyclic) bond motifs is 1. The van der Waals surface area contributed by atoms with Gasteiger partial charge in [-0.3, -0.25) is 4.72 Å². The van der Waals surface area contributed by atoms with Gasteiger partial charge in [0.25, 0.3) is 10.0 Å². The van der Waals surface area contributed by atoms with Gasteiger partial charge in [-0.25, -0.2) is 18.4 Å². The number of halogens is 1. The lowest BCUT2D eigenvalue weighted by Crippen LogP contribution is -2.16. The SMILES string of the molecule is COc1cc(Cl)c(C)cc1Nc1nc2cc(C)ccc2nc1NS(=O)(=O)c1ccc(C)cc1. The number of rotatable bonds is 6. The van der Waals surface area contributed by atoms with Crippen LogP contribution in [0.25, 0.3) is 11.0 Å². The van der Waals surface area contributed by atoms with Crippen LogP contribution in [-0.2, 0) is 10.0 Å². The van der Waals surface area contributed by atoms with Crippen molar-refractivity contribution in [2.45, 2.75) is 25.7 Å². The summed E-state index contributed by atoms with van der Waals surface area (Å²) < 4.78 is 34.2. The van der Waals surface area contributed by atoms with Crippen LogP contribution in [0.5, 0.6) is 5.75 Å². The molecule has 4 aromatic rings. The number of hydrogen-bond acceptors (Lipinski definition) is 6. The fraction of sp³-hybridized carbons (Fsp3) is 0.167. The first-order chi connectivity index (χ1) is 15.7. The molecule has 2 N–H and O–H groups in total. The summed E-state index contributed by atoms with van der Waals surface area (Å²) in [4.78, 5) is 9.35. The molecule has 0 aliphatic heterocycles. The third-order valence-corrected chi connectivity index (χ3v) is 6.88. The largest absolute Gasteiger partial charge is 0.495 e. The first-order valence-electron chi connectivity index (χ1n) is 10.2. The van der Waals surface area contributed by atoms with Crippen LogP contribution in [0.1, 0.15) is 16.7 Å². The molecule has 1 heterocycles. The zero-order valence-corrected chi connectivity index (χ0v) is 20.2. The van der Waals surface area contributed by atoms with E-state index in [2.05, 4.69) is 20.0 Å². The Hall–Kier alpha value is -3.36. The second kappa shape index (κ2) is 8.88. The Morgan fingerprint density at radius 2 is 1.52 bits per heavy atom. The maximum atomic E-state index is 13.1. The molecule has 1 aromatic heterocycles. The van der Waals surface area contributed by atoms with Crippen molar-refractivity contribution in [1.82, 2.24) is 9.97 Å². The third kappa shape index (κ3) is 4.86. The Labute approximate surface area is 197 Å². The molecule has 9 heteroatoms. The first kappa shape index (κ1) is 22.8. The van der Waals surface area contributed by atoms with Gasteiger partial charge in [-0.1, -0.05) is 35.4 Å². The van der Waals surface area contributed by atoms with Crippen molar-refractivity contribution < 1.29 is 13.2 Å². The number of aryl methyl sites for hydroxylation is 3. The second-order valence-electron chi connectivity index (χ2n) is 7.76. The van der Waals surface area contributed by atoms with Gasteiger partial charge < -0.3 is 10.1 Å². The lowest BCUT2D eigenvalue weighted by molar-refractivity contribution is 0.416. The molecule has 0 amide bonds. The number of hydrogen-bond donors (Lipinski definition) is 2. The van der Waals surface area contributed by atoms with Gasteiger partial charge in [-0.15, -0.1) is 0 Å². The van der Waals surface area contributed by atoms with Crippen LogP contribution in [0.4, 0.5) is 17.3 Å². The van der Waals surface area contributed by atoms with E-state index >= 15 is 0 Å². The Morgan fingerprint density at radius 3 is 2.21 bits per heavy atom. The van der Waals surface area contributed by atoms with Gasteiger partial charge in [-0.2, -0.15) is 0 Å². The van der Waals surface area contributed by atoms with E-state index in [0.717, 1.165) is 16.7 Å². The van der Waals surface area contributed by atoms with Gasteiger partial charge in [0.2, 0.25) is 0 Å². The van der Waals surface area contributed by atoms with Gasteiger partial charge >= 0.3 is 0 Å². The molecule has 4 rings (SSSR count). The van der Waals surface area contributed by atoms with Crippen LogP contribution in [0.15, 0.2) is 59.5 Å². The van der Waals surface area contributed by atoms with E-state index in [1.54, 1.807) is 36.4 Å². The molecule has 0 saturated heterocycles. The van der Waals surface area contributed by atoms with E-state index in [4.69, 9.17) is 16.3 Å². The van der Waals surface area contributed by atoms with E-state index in [9.17, 15) is 8.42 Å². The van der Waals surface area contributed by atoms with Crippen LogP contribution in [0.3, 0.4) is 0 Å². The summed E-state index contributed by atoms with van der Waals surface area (Å²) in [7, 11) is -2.37. The van der Waals surface area contributed by atoms with E-state index in [1.165, 1.54) is 7.11 Å². The molecule has 0 radical (unpaired) electrons. The number of anilines is 3. The van der Waals surface area contributed by atoms with Gasteiger partial charge in [-0.05, 0) is 62.2 Å². The smallest absolute Gasteiger partial charge is 0.263 e. The van der Waals surface area contributed by atoms with E-state index in [1.807, 2.05) is 39.0 Å². The maximum absolute atomic E-state index is 13.1. The fourth-order valence-corrected chi connectivity index (χ4v) is 4.45. The number of aromatic nitrogens is 2. The van der Waals surface area contributed by atoms with Crippen LogP contribution < -0.4 is 14.8 Å². The van der Waals surface area contributed by atoms with Crippen molar-refractivity contribution >= 4 is 50.0 Å². The normalized spacial score (nSPS) is 11.4. The molecule has 0 bridgehead atoms. The minimum absolute atomic E-state index is 0.0709. The molecule has 0 spiro atoms. The van der Waals surface area contributed by atoms with E-state index < -0.39 is 10.0 Å². The van der Waals surface area contributed by atoms with E-state index in [-0.39, 0.29) is 16.5 Å². The number of benzene rings is 3. The highest BCUT2D eigenvalue weighted by Crippen LogP contribution is 2.35. The first-order valence-corrected chi connectivity index (χ1v) is 12.0. The van der Waals surface area contributed by atoms with Gasteiger partial charge in [0.15, 0.2) is 11.6 Å². The average Bonchev–Trinajstić information content (AvgIpc) is 2.76. The highest BCUT2D eigenvalue weighted by molar-refractivity contribution is 7.92. The minimum Gasteiger partial charge on any atom is -0.495 e. The van der Waals surface area contributed by atoms with Crippen LogP contribution in [-0.4, -0.2) is 25.5 Å². The predicted octanol–water partition coefficient (Wildman–Crippen LogP) is 5.76. The molecule has 3 aromatic carbocycles. The fourth-order valence-electron chi connectivity index (χ4n) is 3.28. The lowest BCUT2D eigenvalue weighted by atomic mass is 10.2. The van der Waals surface area contributed by atoms with Crippen molar-refractivity contribution in [3.05, 3.63) is 76.3 Å². The zero-order valence-electron chi connectivity index (χ0n) is 18.6. The third-order valence-electron chi connectivity index (χ3n) is 5.12. The lowest BCUT2D eigenvalue weighted by Gasteiger charge is -2.16. The Balaban J connectivity index is 1.83. The van der Waals surface area contributed by atoms with E-state index in [0.29, 0.717) is 27.5 Å². The van der Waals surface area contributed by atoms with Gasteiger partial charge in [0.1, 0.15) is 5.75 Å². The minimum atomic E-state index is -3.90. The van der Waals surface area contributed by atoms with Gasteiger partial charge in [0, 0.05) is 11.1 Å². The quantitative estimate of drug-likeness (QED) is 0.363. The molecule has 33 heavy (non-hydrogen) atoms. The molecule has 0 saturated carbocycles. The van der Waals surface area contributed by atoms with Crippen molar-refractivity contribution in [2.75, 3.05) is 17.1 Å². The predicted molar refractivity (Wildman–Crippen MR) is 132 cm³/mol. The molecule has 0 unspecified atom stereocenters. The Morgan fingerprint density at radius 1 is 0.848 bits per heavy atom. The Kier molecular flexibility index (Phi) is 6.14. The summed E-state index contributed by atoms with van der Waals surface area (Å²) in [6.45, 7) is 5.71. The maximum Gasteiger partial charge on any atom is 0.263 e. The van der Waals surface area contributed by atoms with Crippen molar-refractivity contribution in [3.8, 4) is 5.75 Å². The topological polar surface area (TPSA) is 93.2 Å². The summed E-state index contributed by atoms with van der Waals surface area (Å²) in [5.74, 6) is 0.800. The monoisotopic (exact) mass is 482 g/mol. The summed E-state index contributed by atoms with van der Waals surface area (Å²) in [5.41, 5.74) is 4.56.